The largest absolute Gasteiger partial charge is 0.384 e. The second-order valence-electron chi connectivity index (χ2n) is 2.07. The van der Waals surface area contributed by atoms with Gasteiger partial charge in [-0.15, -0.1) is 0 Å². The van der Waals surface area contributed by atoms with Crippen LogP contribution in [-0.4, -0.2) is 5.84 Å². The van der Waals surface area contributed by atoms with Crippen molar-refractivity contribution in [3.05, 3.63) is 35.4 Å². The third kappa shape index (κ3) is 1.73. The van der Waals surface area contributed by atoms with Crippen LogP contribution in [0.15, 0.2) is 18.2 Å². The summed E-state index contributed by atoms with van der Waals surface area (Å²) < 4.78 is 24.8. The smallest absolute Gasteiger partial charge is 0.126 e. The molecule has 0 atom stereocenters. The predicted molar refractivity (Wildman–Crippen MR) is 37.4 cm³/mol. The van der Waals surface area contributed by atoms with Gasteiger partial charge in [-0.25, -0.2) is 8.78 Å². The van der Waals surface area contributed by atoms with Crippen molar-refractivity contribution >= 4 is 5.84 Å². The molecular formula is C7H6F2N2. The van der Waals surface area contributed by atoms with Gasteiger partial charge < -0.3 is 5.73 Å². The summed E-state index contributed by atoms with van der Waals surface area (Å²) in [6.45, 7) is 0. The number of nitrogens with one attached hydrogen (secondary N) is 1. The van der Waals surface area contributed by atoms with E-state index >= 15 is 0 Å². The number of halogens is 2. The van der Waals surface area contributed by atoms with Crippen LogP contribution in [-0.2, 0) is 0 Å². The second-order valence-corrected chi connectivity index (χ2v) is 2.07. The summed E-state index contributed by atoms with van der Waals surface area (Å²) in [5.74, 6) is -1.80. The molecule has 0 radical (unpaired) electrons. The number of rotatable bonds is 1. The first-order valence-electron chi connectivity index (χ1n) is 2.90. The Bertz CT molecular complexity index is 276. The van der Waals surface area contributed by atoms with E-state index in [1.54, 1.807) is 0 Å². The van der Waals surface area contributed by atoms with Gasteiger partial charge in [0.2, 0.25) is 0 Å². The maximum atomic E-state index is 12.4. The van der Waals surface area contributed by atoms with Crippen LogP contribution in [0.5, 0.6) is 0 Å². The van der Waals surface area contributed by atoms with Gasteiger partial charge in [-0.1, -0.05) is 0 Å². The van der Waals surface area contributed by atoms with E-state index < -0.39 is 11.6 Å². The van der Waals surface area contributed by atoms with Gasteiger partial charge in [-0.05, 0) is 12.1 Å². The van der Waals surface area contributed by atoms with Gasteiger partial charge in [0.05, 0.1) is 0 Å². The van der Waals surface area contributed by atoms with Crippen molar-refractivity contribution < 1.29 is 8.78 Å². The van der Waals surface area contributed by atoms with Gasteiger partial charge >= 0.3 is 0 Å². The molecule has 0 amide bonds. The lowest BCUT2D eigenvalue weighted by Crippen LogP contribution is -2.11. The molecule has 58 valence electrons. The number of nitrogens with two attached hydrogens (primary N) is 1. The highest BCUT2D eigenvalue weighted by molar-refractivity contribution is 5.94. The van der Waals surface area contributed by atoms with E-state index in [1.807, 2.05) is 0 Å². The zero-order valence-corrected chi connectivity index (χ0v) is 5.57. The first-order valence-corrected chi connectivity index (χ1v) is 2.90. The third-order valence-corrected chi connectivity index (χ3v) is 1.17. The average Bonchev–Trinajstić information content (AvgIpc) is 1.85. The Morgan fingerprint density at radius 2 is 1.64 bits per heavy atom. The van der Waals surface area contributed by atoms with Crippen molar-refractivity contribution in [2.45, 2.75) is 0 Å². The molecule has 0 heterocycles. The van der Waals surface area contributed by atoms with E-state index in [4.69, 9.17) is 11.1 Å². The van der Waals surface area contributed by atoms with E-state index in [-0.39, 0.29) is 11.4 Å². The third-order valence-electron chi connectivity index (χ3n) is 1.17. The summed E-state index contributed by atoms with van der Waals surface area (Å²) in [5, 5.41) is 6.87. The number of hydrogen-bond donors (Lipinski definition) is 2. The van der Waals surface area contributed by atoms with Gasteiger partial charge in [0.15, 0.2) is 0 Å². The summed E-state index contributed by atoms with van der Waals surface area (Å²) in [4.78, 5) is 0. The number of nitrogen functional groups attached to an aromatic ring is 1. The van der Waals surface area contributed by atoms with Crippen LogP contribution < -0.4 is 5.73 Å². The minimum absolute atomic E-state index is 0.0579. The van der Waals surface area contributed by atoms with Crippen LogP contribution in [0.4, 0.5) is 8.78 Å². The molecule has 0 unspecified atom stereocenters. The SMILES string of the molecule is N=C(N)c1cc(F)cc(F)c1. The fourth-order valence-electron chi connectivity index (χ4n) is 0.709. The van der Waals surface area contributed by atoms with Gasteiger partial charge in [-0.2, -0.15) is 0 Å². The molecule has 0 saturated heterocycles. The molecule has 0 spiro atoms. The highest BCUT2D eigenvalue weighted by Crippen LogP contribution is 2.06. The fourth-order valence-corrected chi connectivity index (χ4v) is 0.709. The van der Waals surface area contributed by atoms with E-state index in [9.17, 15) is 8.78 Å². The van der Waals surface area contributed by atoms with Gasteiger partial charge in [0.1, 0.15) is 17.5 Å². The molecule has 1 aromatic rings. The molecule has 1 rings (SSSR count). The molecule has 0 aliphatic carbocycles. The lowest BCUT2D eigenvalue weighted by Gasteiger charge is -1.97. The molecule has 0 aromatic heterocycles. The predicted octanol–water partition coefficient (Wildman–Crippen LogP) is 1.25. The summed E-state index contributed by atoms with van der Waals surface area (Å²) in [7, 11) is 0. The lowest BCUT2D eigenvalue weighted by molar-refractivity contribution is 0.582. The normalized spacial score (nSPS) is 9.64. The quantitative estimate of drug-likeness (QED) is 0.466. The molecule has 11 heavy (non-hydrogen) atoms. The molecule has 1 aromatic carbocycles. The summed E-state index contributed by atoms with van der Waals surface area (Å²) in [6.07, 6.45) is 0. The van der Waals surface area contributed by atoms with Crippen LogP contribution >= 0.6 is 0 Å². The summed E-state index contributed by atoms with van der Waals surface area (Å²) in [6, 6.07) is 2.74. The average molecular weight is 156 g/mol. The Labute approximate surface area is 62.2 Å². The standard InChI is InChI=1S/C7H6F2N2/c8-5-1-4(7(10)11)2-6(9)3-5/h1-3H,(H3,10,11). The van der Waals surface area contributed by atoms with E-state index in [1.165, 1.54) is 0 Å². The minimum atomic E-state index is -0.727. The first kappa shape index (κ1) is 7.65. The molecule has 0 aliphatic rings. The van der Waals surface area contributed by atoms with Crippen LogP contribution in [0.25, 0.3) is 0 Å². The first-order chi connectivity index (χ1) is 5.09. The topological polar surface area (TPSA) is 49.9 Å². The molecule has 2 nitrogen and oxygen atoms in total. The number of amidine groups is 1. The Morgan fingerprint density at radius 3 is 2.00 bits per heavy atom. The second kappa shape index (κ2) is 2.65. The lowest BCUT2D eigenvalue weighted by atomic mass is 10.2. The zero-order chi connectivity index (χ0) is 8.43. The van der Waals surface area contributed by atoms with Crippen molar-refractivity contribution in [3.63, 3.8) is 0 Å². The van der Waals surface area contributed by atoms with Crippen LogP contribution in [0, 0.1) is 17.0 Å². The Hall–Kier alpha value is -1.45. The molecule has 0 aliphatic heterocycles. The van der Waals surface area contributed by atoms with Gasteiger partial charge in [-0.3, -0.25) is 5.41 Å². The fraction of sp³-hybridized carbons (Fsp3) is 0. The van der Waals surface area contributed by atoms with Gasteiger partial charge in [0, 0.05) is 11.6 Å². The van der Waals surface area contributed by atoms with E-state index in [2.05, 4.69) is 0 Å². The van der Waals surface area contributed by atoms with E-state index in [0.717, 1.165) is 18.2 Å². The Kier molecular flexibility index (Phi) is 1.85. The van der Waals surface area contributed by atoms with Crippen LogP contribution in [0.2, 0.25) is 0 Å². The minimum Gasteiger partial charge on any atom is -0.384 e. The van der Waals surface area contributed by atoms with Crippen molar-refractivity contribution in [1.29, 1.82) is 5.41 Å². The zero-order valence-electron chi connectivity index (χ0n) is 5.57. The molecule has 3 N–H and O–H groups in total. The van der Waals surface area contributed by atoms with Crippen molar-refractivity contribution in [1.82, 2.24) is 0 Å². The monoisotopic (exact) mass is 156 g/mol. The Balaban J connectivity index is 3.19. The highest BCUT2D eigenvalue weighted by Gasteiger charge is 2.01. The maximum absolute atomic E-state index is 12.4. The molecule has 4 heteroatoms. The van der Waals surface area contributed by atoms with Crippen molar-refractivity contribution in [3.8, 4) is 0 Å². The summed E-state index contributed by atoms with van der Waals surface area (Å²) in [5.41, 5.74) is 5.06. The summed E-state index contributed by atoms with van der Waals surface area (Å²) >= 11 is 0. The Morgan fingerprint density at radius 1 is 1.18 bits per heavy atom. The molecule has 0 bridgehead atoms. The van der Waals surface area contributed by atoms with Crippen molar-refractivity contribution in [2.24, 2.45) is 5.73 Å². The molecule has 0 saturated carbocycles. The highest BCUT2D eigenvalue weighted by atomic mass is 19.1. The maximum Gasteiger partial charge on any atom is 0.126 e. The molecule has 0 fully saturated rings. The van der Waals surface area contributed by atoms with Crippen LogP contribution in [0.1, 0.15) is 5.56 Å². The van der Waals surface area contributed by atoms with Gasteiger partial charge in [0.25, 0.3) is 0 Å². The van der Waals surface area contributed by atoms with E-state index in [0.29, 0.717) is 0 Å². The molecular weight excluding hydrogens is 150 g/mol. The van der Waals surface area contributed by atoms with Crippen molar-refractivity contribution in [2.75, 3.05) is 0 Å². The number of hydrogen-bond acceptors (Lipinski definition) is 1. The van der Waals surface area contributed by atoms with Crippen LogP contribution in [0.3, 0.4) is 0 Å². The number of benzene rings is 1.